The predicted molar refractivity (Wildman–Crippen MR) is 180 cm³/mol. The van der Waals surface area contributed by atoms with Crippen molar-refractivity contribution < 1.29 is 4.74 Å². The summed E-state index contributed by atoms with van der Waals surface area (Å²) in [4.78, 5) is 3.31. The van der Waals surface area contributed by atoms with Crippen molar-refractivity contribution in [2.45, 2.75) is 201 Å². The average molecular weight is 608 g/mol. The molecule has 0 spiro atoms. The summed E-state index contributed by atoms with van der Waals surface area (Å²) >= 11 is 2.44. The van der Waals surface area contributed by atoms with Crippen LogP contribution in [0.4, 0.5) is 0 Å². The van der Waals surface area contributed by atoms with Crippen molar-refractivity contribution in [1.82, 2.24) is 4.90 Å². The molecule has 3 heteroatoms. The second kappa shape index (κ2) is 12.7. The van der Waals surface area contributed by atoms with E-state index in [1.165, 1.54) is 141 Å². The summed E-state index contributed by atoms with van der Waals surface area (Å²) in [5.74, 6) is 7.71. The van der Waals surface area contributed by atoms with E-state index in [4.69, 9.17) is 4.74 Å². The van der Waals surface area contributed by atoms with Gasteiger partial charge in [-0.05, 0) is 131 Å². The second-order valence-corrected chi connectivity index (χ2v) is 19.3. The Morgan fingerprint density at radius 1 is 0.395 bits per heavy atom. The zero-order valence-electron chi connectivity index (χ0n) is 27.6. The van der Waals surface area contributed by atoms with Crippen molar-refractivity contribution in [3.63, 3.8) is 0 Å². The van der Waals surface area contributed by atoms with Gasteiger partial charge in [-0.3, -0.25) is 4.90 Å². The minimum atomic E-state index is 0.632. The van der Waals surface area contributed by atoms with Crippen LogP contribution in [-0.2, 0) is 4.74 Å². The normalized spacial score (nSPS) is 52.1. The molecule has 43 heavy (non-hydrogen) atoms. The average Bonchev–Trinajstić information content (AvgIpc) is 3.64. The molecule has 0 N–H and O–H groups in total. The summed E-state index contributed by atoms with van der Waals surface area (Å²) in [5, 5.41) is 1.93. The largest absolute Gasteiger partial charge is 0.374 e. The summed E-state index contributed by atoms with van der Waals surface area (Å²) in [6.45, 7) is 0. The fraction of sp³-hybridized carbons (Fsp3) is 1.00. The SMILES string of the molecule is C1CCC(N(C2CCC(C3CCCC4C5CCC6SC7CCCCC7C6C5OC34)CC2)C2CCCC3CCCCC32)CC1. The zero-order chi connectivity index (χ0) is 28.3. The molecule has 9 aliphatic rings. The van der Waals surface area contributed by atoms with Gasteiger partial charge in [0, 0.05) is 34.5 Å². The zero-order valence-corrected chi connectivity index (χ0v) is 28.4. The van der Waals surface area contributed by atoms with Crippen LogP contribution in [0.1, 0.15) is 161 Å². The number of rotatable bonds is 4. The molecule has 0 aromatic rings. The number of thioether (sulfide) groups is 1. The highest BCUT2D eigenvalue weighted by molar-refractivity contribution is 8.00. The fourth-order valence-corrected chi connectivity index (χ4v) is 16.5. The van der Waals surface area contributed by atoms with Crippen LogP contribution in [0.15, 0.2) is 0 Å². The lowest BCUT2D eigenvalue weighted by molar-refractivity contribution is -0.0799. The van der Waals surface area contributed by atoms with Crippen LogP contribution in [0.2, 0.25) is 0 Å². The maximum absolute atomic E-state index is 7.50. The van der Waals surface area contributed by atoms with E-state index in [2.05, 4.69) is 16.7 Å². The third kappa shape index (κ3) is 5.34. The Labute approximate surface area is 269 Å². The highest BCUT2D eigenvalue weighted by Crippen LogP contribution is 2.62. The molecule has 2 saturated heterocycles. The monoisotopic (exact) mass is 607 g/mol. The van der Waals surface area contributed by atoms with Crippen LogP contribution in [0, 0.1) is 47.3 Å². The molecule has 12 unspecified atom stereocenters. The number of hydrogen-bond acceptors (Lipinski definition) is 3. The van der Waals surface area contributed by atoms with Crippen LogP contribution < -0.4 is 0 Å². The van der Waals surface area contributed by atoms with Gasteiger partial charge in [0.25, 0.3) is 0 Å². The third-order valence-corrected chi connectivity index (χ3v) is 17.9. The molecule has 242 valence electrons. The third-order valence-electron chi connectivity index (χ3n) is 16.1. The summed E-state index contributed by atoms with van der Waals surface area (Å²) in [7, 11) is 0. The van der Waals surface area contributed by atoms with Gasteiger partial charge >= 0.3 is 0 Å². The van der Waals surface area contributed by atoms with Gasteiger partial charge in [-0.2, -0.15) is 11.8 Å². The number of fused-ring (bicyclic) bond motifs is 8. The van der Waals surface area contributed by atoms with Gasteiger partial charge in [0.1, 0.15) is 0 Å². The second-order valence-electron chi connectivity index (χ2n) is 17.8. The Morgan fingerprint density at radius 3 is 1.91 bits per heavy atom. The van der Waals surface area contributed by atoms with Crippen LogP contribution in [0.5, 0.6) is 0 Å². The Kier molecular flexibility index (Phi) is 8.69. The number of ether oxygens (including phenoxy) is 1. The number of nitrogens with zero attached hydrogens (tertiary/aromatic N) is 1. The molecule has 0 aromatic heterocycles. The first-order valence-corrected chi connectivity index (χ1v) is 21.4. The molecule has 0 aromatic carbocycles. The lowest BCUT2D eigenvalue weighted by atomic mass is 9.62. The van der Waals surface area contributed by atoms with Gasteiger partial charge in [-0.15, -0.1) is 0 Å². The number of hydrogen-bond donors (Lipinski definition) is 0. The van der Waals surface area contributed by atoms with E-state index in [1.54, 1.807) is 19.3 Å². The van der Waals surface area contributed by atoms with E-state index in [0.29, 0.717) is 12.2 Å². The lowest BCUT2D eigenvalue weighted by Crippen LogP contribution is -2.56. The first kappa shape index (κ1) is 29.4. The standard InChI is InChI=1S/C40H65NOS/c1-2-12-28(13-3-1)41(35-18-8-11-26-10-4-5-14-30(26)35)29-22-20-27(21-23-29)31-16-9-17-32-33-24-25-37-38(40(33)42-39(31)32)34-15-6-7-19-36(34)43-37/h26-40H,1-25H2. The highest BCUT2D eigenvalue weighted by Gasteiger charge is 2.60. The van der Waals surface area contributed by atoms with Crippen LogP contribution >= 0.6 is 11.8 Å². The molecule has 7 aliphatic carbocycles. The summed E-state index contributed by atoms with van der Waals surface area (Å²) < 4.78 is 7.50. The van der Waals surface area contributed by atoms with Gasteiger partial charge in [0.15, 0.2) is 0 Å². The molecule has 2 nitrogen and oxygen atoms in total. The molecule has 2 heterocycles. The van der Waals surface area contributed by atoms with Crippen molar-refractivity contribution >= 4 is 11.8 Å². The first-order chi connectivity index (χ1) is 21.3. The summed E-state index contributed by atoms with van der Waals surface area (Å²) in [5.41, 5.74) is 0. The quantitative estimate of drug-likeness (QED) is 0.315. The van der Waals surface area contributed by atoms with E-state index in [0.717, 1.165) is 76.0 Å². The molecular weight excluding hydrogens is 543 g/mol. The Bertz CT molecular complexity index is 939. The van der Waals surface area contributed by atoms with Crippen LogP contribution in [-0.4, -0.2) is 45.7 Å². The molecule has 0 radical (unpaired) electrons. The van der Waals surface area contributed by atoms with Crippen molar-refractivity contribution in [2.75, 3.05) is 0 Å². The molecule has 9 rings (SSSR count). The van der Waals surface area contributed by atoms with Crippen molar-refractivity contribution in [3.8, 4) is 0 Å². The summed E-state index contributed by atoms with van der Waals surface area (Å²) in [6.07, 6.45) is 39.2. The van der Waals surface area contributed by atoms with Crippen molar-refractivity contribution in [3.05, 3.63) is 0 Å². The molecule has 7 saturated carbocycles. The molecule has 12 atom stereocenters. The molecule has 2 aliphatic heterocycles. The smallest absolute Gasteiger partial charge is 0.0652 e. The minimum Gasteiger partial charge on any atom is -0.374 e. The van der Waals surface area contributed by atoms with Gasteiger partial charge in [-0.1, -0.05) is 70.6 Å². The van der Waals surface area contributed by atoms with E-state index >= 15 is 0 Å². The van der Waals surface area contributed by atoms with Crippen LogP contribution in [0.3, 0.4) is 0 Å². The van der Waals surface area contributed by atoms with E-state index < -0.39 is 0 Å². The van der Waals surface area contributed by atoms with Gasteiger partial charge in [-0.25, -0.2) is 0 Å². The van der Waals surface area contributed by atoms with Crippen molar-refractivity contribution in [1.29, 1.82) is 0 Å². The van der Waals surface area contributed by atoms with E-state index in [9.17, 15) is 0 Å². The van der Waals surface area contributed by atoms with Crippen LogP contribution in [0.25, 0.3) is 0 Å². The maximum Gasteiger partial charge on any atom is 0.0652 e. The van der Waals surface area contributed by atoms with E-state index in [1.807, 2.05) is 0 Å². The van der Waals surface area contributed by atoms with Gasteiger partial charge < -0.3 is 4.74 Å². The molecular formula is C40H65NOS. The molecule has 9 fully saturated rings. The van der Waals surface area contributed by atoms with Crippen molar-refractivity contribution in [2.24, 2.45) is 47.3 Å². The lowest BCUT2D eigenvalue weighted by Gasteiger charge is -2.54. The maximum atomic E-state index is 7.50. The van der Waals surface area contributed by atoms with E-state index in [-0.39, 0.29) is 0 Å². The van der Waals surface area contributed by atoms with Gasteiger partial charge in [0.2, 0.25) is 0 Å². The topological polar surface area (TPSA) is 12.5 Å². The minimum absolute atomic E-state index is 0.632. The molecule has 0 bridgehead atoms. The summed E-state index contributed by atoms with van der Waals surface area (Å²) in [6, 6.07) is 2.75. The first-order valence-electron chi connectivity index (χ1n) is 20.4. The fourth-order valence-electron chi connectivity index (χ4n) is 14.4. The highest BCUT2D eigenvalue weighted by atomic mass is 32.2. The van der Waals surface area contributed by atoms with Gasteiger partial charge in [0.05, 0.1) is 12.2 Å². The Morgan fingerprint density at radius 2 is 1.02 bits per heavy atom. The predicted octanol–water partition coefficient (Wildman–Crippen LogP) is 10.4. The molecule has 0 amide bonds. The Balaban J connectivity index is 0.896. The Hall–Kier alpha value is 0.270.